The molecule has 0 saturated carbocycles. The van der Waals surface area contributed by atoms with E-state index in [0.717, 1.165) is 12.0 Å². The number of benzene rings is 1. The maximum atomic E-state index is 11.4. The van der Waals surface area contributed by atoms with Gasteiger partial charge in [0.05, 0.1) is 6.04 Å². The topological polar surface area (TPSA) is 38.3 Å². The molecule has 0 aromatic heterocycles. The van der Waals surface area contributed by atoms with Gasteiger partial charge in [-0.25, -0.2) is 4.79 Å². The minimum atomic E-state index is -0.391. The van der Waals surface area contributed by atoms with Gasteiger partial charge in [-0.15, -0.1) is 0 Å². The van der Waals surface area contributed by atoms with Crippen LogP contribution in [0.3, 0.4) is 0 Å². The van der Waals surface area contributed by atoms with Crippen LogP contribution < -0.4 is 5.32 Å². The van der Waals surface area contributed by atoms with Crippen LogP contribution in [0.4, 0.5) is 4.79 Å². The molecule has 3 heteroatoms. The Morgan fingerprint density at radius 1 is 1.31 bits per heavy atom. The minimum Gasteiger partial charge on any atom is -0.443 e. The van der Waals surface area contributed by atoms with Gasteiger partial charge in [-0.05, 0) is 26.3 Å². The molecule has 1 aromatic rings. The molecule has 0 radical (unpaired) electrons. The Morgan fingerprint density at radius 3 is 2.50 bits per heavy atom. The summed E-state index contributed by atoms with van der Waals surface area (Å²) in [5.41, 5.74) is 1.97. The molecule has 1 amide bonds. The smallest absolute Gasteiger partial charge is 0.408 e. The van der Waals surface area contributed by atoms with Crippen LogP contribution in [0.25, 0.3) is 0 Å². The SMILES string of the molecule is Cc1ccc(C2CC(C)(C)OC(=O)N2)cc1. The van der Waals surface area contributed by atoms with Gasteiger partial charge in [0.1, 0.15) is 5.60 Å². The van der Waals surface area contributed by atoms with Gasteiger partial charge in [-0.3, -0.25) is 0 Å². The van der Waals surface area contributed by atoms with Crippen molar-refractivity contribution in [2.24, 2.45) is 0 Å². The van der Waals surface area contributed by atoms with Gasteiger partial charge in [0.15, 0.2) is 0 Å². The van der Waals surface area contributed by atoms with Gasteiger partial charge in [0, 0.05) is 6.42 Å². The average molecular weight is 219 g/mol. The summed E-state index contributed by atoms with van der Waals surface area (Å²) in [6, 6.07) is 8.29. The molecule has 2 rings (SSSR count). The first-order valence-corrected chi connectivity index (χ1v) is 5.52. The molecule has 1 saturated heterocycles. The Kier molecular flexibility index (Phi) is 2.62. The number of carbonyl (C=O) groups is 1. The van der Waals surface area contributed by atoms with Crippen LogP contribution in [0.2, 0.25) is 0 Å². The second-order valence-corrected chi connectivity index (χ2v) is 4.96. The fourth-order valence-corrected chi connectivity index (χ4v) is 2.01. The third-order valence-electron chi connectivity index (χ3n) is 2.84. The molecule has 1 atom stereocenters. The number of amides is 1. The van der Waals surface area contributed by atoms with Crippen molar-refractivity contribution >= 4 is 6.09 Å². The highest BCUT2D eigenvalue weighted by atomic mass is 16.6. The summed E-state index contributed by atoms with van der Waals surface area (Å²) in [6.07, 6.45) is 0.462. The van der Waals surface area contributed by atoms with E-state index in [1.54, 1.807) is 0 Å². The lowest BCUT2D eigenvalue weighted by atomic mass is 9.92. The van der Waals surface area contributed by atoms with Crippen molar-refractivity contribution in [2.45, 2.75) is 38.8 Å². The Morgan fingerprint density at radius 2 is 1.94 bits per heavy atom. The fraction of sp³-hybridized carbons (Fsp3) is 0.462. The second-order valence-electron chi connectivity index (χ2n) is 4.96. The first-order chi connectivity index (χ1) is 7.46. The van der Waals surface area contributed by atoms with Crippen LogP contribution in [0.15, 0.2) is 24.3 Å². The molecule has 1 aliphatic heterocycles. The molecule has 1 aliphatic rings. The minimum absolute atomic E-state index is 0.0526. The van der Waals surface area contributed by atoms with Crippen LogP contribution in [0, 0.1) is 6.92 Å². The lowest BCUT2D eigenvalue weighted by Gasteiger charge is -2.35. The van der Waals surface area contributed by atoms with E-state index in [1.807, 2.05) is 13.8 Å². The molecular formula is C13H17NO2. The van der Waals surface area contributed by atoms with E-state index in [4.69, 9.17) is 4.74 Å². The summed E-state index contributed by atoms with van der Waals surface area (Å²) >= 11 is 0. The van der Waals surface area contributed by atoms with Gasteiger partial charge in [-0.2, -0.15) is 0 Å². The average Bonchev–Trinajstić information content (AvgIpc) is 2.15. The lowest BCUT2D eigenvalue weighted by molar-refractivity contribution is -0.000272. The molecule has 0 spiro atoms. The predicted molar refractivity (Wildman–Crippen MR) is 62.2 cm³/mol. The van der Waals surface area contributed by atoms with E-state index in [0.29, 0.717) is 0 Å². The molecule has 1 unspecified atom stereocenters. The van der Waals surface area contributed by atoms with E-state index in [-0.39, 0.29) is 12.1 Å². The molecule has 1 N–H and O–H groups in total. The van der Waals surface area contributed by atoms with Crippen molar-refractivity contribution in [3.8, 4) is 0 Å². The highest BCUT2D eigenvalue weighted by molar-refractivity contribution is 5.69. The van der Waals surface area contributed by atoms with Crippen LogP contribution in [0.1, 0.15) is 37.4 Å². The molecule has 1 fully saturated rings. The number of carbonyl (C=O) groups excluding carboxylic acids is 1. The standard InChI is InChI=1S/C13H17NO2/c1-9-4-6-10(7-5-9)11-8-13(2,3)16-12(15)14-11/h4-7,11H,8H2,1-3H3,(H,14,15). The maximum absolute atomic E-state index is 11.4. The number of nitrogens with one attached hydrogen (secondary N) is 1. The van der Waals surface area contributed by atoms with E-state index in [1.165, 1.54) is 5.56 Å². The normalized spacial score (nSPS) is 23.4. The van der Waals surface area contributed by atoms with Crippen molar-refractivity contribution < 1.29 is 9.53 Å². The van der Waals surface area contributed by atoms with Crippen molar-refractivity contribution in [3.05, 3.63) is 35.4 Å². The third kappa shape index (κ3) is 2.35. The second kappa shape index (κ2) is 3.81. The third-order valence-corrected chi connectivity index (χ3v) is 2.84. The van der Waals surface area contributed by atoms with E-state index in [2.05, 4.69) is 36.5 Å². The van der Waals surface area contributed by atoms with Crippen molar-refractivity contribution in [1.82, 2.24) is 5.32 Å². The summed E-state index contributed by atoms with van der Waals surface area (Å²) in [7, 11) is 0. The summed E-state index contributed by atoms with van der Waals surface area (Å²) < 4.78 is 5.20. The maximum Gasteiger partial charge on any atom is 0.408 e. The van der Waals surface area contributed by atoms with Gasteiger partial charge in [-0.1, -0.05) is 29.8 Å². The fourth-order valence-electron chi connectivity index (χ4n) is 2.01. The highest BCUT2D eigenvalue weighted by Crippen LogP contribution is 2.30. The summed E-state index contributed by atoms with van der Waals surface area (Å²) in [6.45, 7) is 5.93. The molecule has 0 bridgehead atoms. The number of ether oxygens (including phenoxy) is 1. The molecule has 1 aromatic carbocycles. The molecule has 16 heavy (non-hydrogen) atoms. The summed E-state index contributed by atoms with van der Waals surface area (Å²) in [4.78, 5) is 11.4. The summed E-state index contributed by atoms with van der Waals surface area (Å²) in [5, 5.41) is 2.85. The Labute approximate surface area is 95.8 Å². The Hall–Kier alpha value is -1.51. The molecule has 3 nitrogen and oxygen atoms in total. The number of cyclic esters (lactones) is 1. The van der Waals surface area contributed by atoms with E-state index in [9.17, 15) is 4.79 Å². The Bertz CT molecular complexity index is 395. The quantitative estimate of drug-likeness (QED) is 0.788. The zero-order valence-electron chi connectivity index (χ0n) is 9.91. The predicted octanol–water partition coefficient (Wildman–Crippen LogP) is 2.94. The monoisotopic (exact) mass is 219 g/mol. The number of hydrogen-bond acceptors (Lipinski definition) is 2. The number of hydrogen-bond donors (Lipinski definition) is 1. The van der Waals surface area contributed by atoms with Gasteiger partial charge in [0.2, 0.25) is 0 Å². The van der Waals surface area contributed by atoms with Crippen molar-refractivity contribution in [1.29, 1.82) is 0 Å². The van der Waals surface area contributed by atoms with E-state index < -0.39 is 5.60 Å². The Balaban J connectivity index is 2.21. The van der Waals surface area contributed by atoms with Crippen molar-refractivity contribution in [2.75, 3.05) is 0 Å². The lowest BCUT2D eigenvalue weighted by Crippen LogP contribution is -2.45. The molecule has 0 aliphatic carbocycles. The zero-order valence-corrected chi connectivity index (χ0v) is 9.91. The number of aryl methyl sites for hydroxylation is 1. The zero-order chi connectivity index (χ0) is 11.8. The summed E-state index contributed by atoms with van der Waals surface area (Å²) in [5.74, 6) is 0. The van der Waals surface area contributed by atoms with E-state index >= 15 is 0 Å². The molecule has 86 valence electrons. The van der Waals surface area contributed by atoms with Gasteiger partial charge in [0.25, 0.3) is 0 Å². The first kappa shape index (κ1) is 11.0. The highest BCUT2D eigenvalue weighted by Gasteiger charge is 2.34. The molecule has 1 heterocycles. The number of alkyl carbamates (subject to hydrolysis) is 1. The largest absolute Gasteiger partial charge is 0.443 e. The van der Waals surface area contributed by atoms with Gasteiger partial charge >= 0.3 is 6.09 Å². The van der Waals surface area contributed by atoms with Crippen molar-refractivity contribution in [3.63, 3.8) is 0 Å². The van der Waals surface area contributed by atoms with Gasteiger partial charge < -0.3 is 10.1 Å². The number of rotatable bonds is 1. The molecular weight excluding hydrogens is 202 g/mol. The van der Waals surface area contributed by atoms with Crippen LogP contribution in [0.5, 0.6) is 0 Å². The van der Waals surface area contributed by atoms with Crippen LogP contribution in [-0.4, -0.2) is 11.7 Å². The van der Waals surface area contributed by atoms with Crippen LogP contribution in [-0.2, 0) is 4.74 Å². The van der Waals surface area contributed by atoms with Crippen LogP contribution >= 0.6 is 0 Å². The first-order valence-electron chi connectivity index (χ1n) is 5.52.